The highest BCUT2D eigenvalue weighted by atomic mass is 79.9. The smallest absolute Gasteiger partial charge is 0.292 e. The lowest BCUT2D eigenvalue weighted by Gasteiger charge is -2.12. The second-order valence-electron chi connectivity index (χ2n) is 4.86. The quantitative estimate of drug-likeness (QED) is 0.725. The van der Waals surface area contributed by atoms with Gasteiger partial charge >= 0.3 is 6.18 Å². The number of hydrogen-bond acceptors (Lipinski definition) is 3. The molecular weight excluding hydrogens is 373 g/mol. The fourth-order valence-corrected chi connectivity index (χ4v) is 2.54. The molecule has 0 saturated carbocycles. The zero-order chi connectivity index (χ0) is 17.2. The van der Waals surface area contributed by atoms with Gasteiger partial charge in [0.2, 0.25) is 0 Å². The first kappa shape index (κ1) is 17.2. The van der Waals surface area contributed by atoms with E-state index in [1.165, 1.54) is 0 Å². The van der Waals surface area contributed by atoms with Crippen LogP contribution >= 0.6 is 15.9 Å². The molecule has 0 amide bonds. The van der Waals surface area contributed by atoms with Gasteiger partial charge in [0.15, 0.2) is 11.7 Å². The van der Waals surface area contributed by atoms with Gasteiger partial charge in [-0.2, -0.15) is 18.4 Å². The lowest BCUT2D eigenvalue weighted by molar-refractivity contribution is -0.137. The van der Waals surface area contributed by atoms with E-state index in [9.17, 15) is 23.2 Å². The van der Waals surface area contributed by atoms with E-state index in [0.29, 0.717) is 17.3 Å². The van der Waals surface area contributed by atoms with Crippen LogP contribution < -0.4 is 0 Å². The van der Waals surface area contributed by atoms with Crippen LogP contribution in [0.2, 0.25) is 0 Å². The Labute approximate surface area is 138 Å². The lowest BCUT2D eigenvalue weighted by atomic mass is 9.92. The largest absolute Gasteiger partial charge is 0.417 e. The summed E-state index contributed by atoms with van der Waals surface area (Å²) >= 11 is 3.28. The van der Waals surface area contributed by atoms with Gasteiger partial charge in [-0.3, -0.25) is 9.78 Å². The van der Waals surface area contributed by atoms with Crippen molar-refractivity contribution >= 4 is 21.7 Å². The standard InChI is InChI=1S/C16H10BrF3N2O/c1-9-6-11(17)3-4-12(9)15(23)13(7-21)14-5-2-10(8-22-14)16(18,19)20/h2-6,8,13H,1H3. The molecule has 0 N–H and O–H groups in total. The average molecular weight is 383 g/mol. The average Bonchev–Trinajstić information content (AvgIpc) is 2.47. The minimum Gasteiger partial charge on any atom is -0.292 e. The highest BCUT2D eigenvalue weighted by Crippen LogP contribution is 2.30. The highest BCUT2D eigenvalue weighted by Gasteiger charge is 2.32. The molecule has 118 valence electrons. The lowest BCUT2D eigenvalue weighted by Crippen LogP contribution is -2.15. The summed E-state index contributed by atoms with van der Waals surface area (Å²) < 4.78 is 38.4. The molecule has 0 aliphatic heterocycles. The van der Waals surface area contributed by atoms with Crippen molar-refractivity contribution in [1.29, 1.82) is 5.26 Å². The van der Waals surface area contributed by atoms with Crippen LogP contribution in [0.15, 0.2) is 41.0 Å². The Balaban J connectivity index is 2.36. The van der Waals surface area contributed by atoms with Gasteiger partial charge in [0.1, 0.15) is 0 Å². The number of nitrogens with zero attached hydrogens (tertiary/aromatic N) is 2. The van der Waals surface area contributed by atoms with Gasteiger partial charge in [-0.15, -0.1) is 0 Å². The predicted molar refractivity (Wildman–Crippen MR) is 80.8 cm³/mol. The first-order valence-electron chi connectivity index (χ1n) is 6.47. The van der Waals surface area contributed by atoms with E-state index >= 15 is 0 Å². The number of Topliss-reactive ketones (excluding diaryl/α,β-unsaturated/α-hetero) is 1. The first-order chi connectivity index (χ1) is 10.7. The molecule has 1 heterocycles. The van der Waals surface area contributed by atoms with Gasteiger partial charge in [-0.1, -0.05) is 15.9 Å². The summed E-state index contributed by atoms with van der Waals surface area (Å²) in [6.07, 6.45) is -3.89. The monoisotopic (exact) mass is 382 g/mol. The summed E-state index contributed by atoms with van der Waals surface area (Å²) in [5, 5.41) is 9.24. The molecule has 1 aromatic heterocycles. The summed E-state index contributed by atoms with van der Waals surface area (Å²) in [6, 6.07) is 8.64. The Hall–Kier alpha value is -2.20. The fraction of sp³-hybridized carbons (Fsp3) is 0.188. The molecule has 0 aliphatic carbocycles. The van der Waals surface area contributed by atoms with Crippen LogP contribution in [0.5, 0.6) is 0 Å². The molecule has 0 bridgehead atoms. The molecular formula is C16H10BrF3N2O. The Morgan fingerprint density at radius 2 is 2.00 bits per heavy atom. The number of ketones is 1. The topological polar surface area (TPSA) is 53.8 Å². The maximum atomic E-state index is 12.5. The normalized spacial score (nSPS) is 12.5. The molecule has 2 rings (SSSR count). The molecule has 23 heavy (non-hydrogen) atoms. The zero-order valence-electron chi connectivity index (χ0n) is 11.9. The Morgan fingerprint density at radius 3 is 2.48 bits per heavy atom. The number of carbonyl (C=O) groups excluding carboxylic acids is 1. The highest BCUT2D eigenvalue weighted by molar-refractivity contribution is 9.10. The van der Waals surface area contributed by atoms with Crippen LogP contribution in [-0.4, -0.2) is 10.8 Å². The molecule has 0 fully saturated rings. The molecule has 7 heteroatoms. The number of halogens is 4. The van der Waals surface area contributed by atoms with Crippen LogP contribution in [0.4, 0.5) is 13.2 Å². The van der Waals surface area contributed by atoms with E-state index in [0.717, 1.165) is 16.6 Å². The summed E-state index contributed by atoms with van der Waals surface area (Å²) in [6.45, 7) is 1.71. The van der Waals surface area contributed by atoms with Crippen molar-refractivity contribution in [2.75, 3.05) is 0 Å². The van der Waals surface area contributed by atoms with Crippen LogP contribution in [0.1, 0.15) is 33.1 Å². The van der Waals surface area contributed by atoms with E-state index < -0.39 is 23.4 Å². The van der Waals surface area contributed by atoms with Crippen LogP contribution in [0, 0.1) is 18.3 Å². The van der Waals surface area contributed by atoms with Crippen LogP contribution in [0.3, 0.4) is 0 Å². The third kappa shape index (κ3) is 3.77. The Kier molecular flexibility index (Phi) is 4.85. The van der Waals surface area contributed by atoms with Gasteiger partial charge in [0.25, 0.3) is 0 Å². The van der Waals surface area contributed by atoms with Crippen molar-refractivity contribution in [3.63, 3.8) is 0 Å². The molecule has 1 aromatic carbocycles. The van der Waals surface area contributed by atoms with Crippen LogP contribution in [-0.2, 0) is 6.18 Å². The predicted octanol–water partition coefficient (Wildman–Crippen LogP) is 4.66. The van der Waals surface area contributed by atoms with E-state index in [1.54, 1.807) is 25.1 Å². The number of benzene rings is 1. The first-order valence-corrected chi connectivity index (χ1v) is 7.26. The molecule has 1 unspecified atom stereocenters. The van der Waals surface area contributed by atoms with Crippen molar-refractivity contribution in [3.05, 3.63) is 63.4 Å². The maximum absolute atomic E-state index is 12.5. The van der Waals surface area contributed by atoms with Crippen molar-refractivity contribution in [2.45, 2.75) is 19.0 Å². The van der Waals surface area contributed by atoms with E-state index in [2.05, 4.69) is 20.9 Å². The number of aromatic nitrogens is 1. The van der Waals surface area contributed by atoms with Crippen LogP contribution in [0.25, 0.3) is 0 Å². The number of pyridine rings is 1. The molecule has 2 aromatic rings. The van der Waals surface area contributed by atoms with Crippen molar-refractivity contribution in [1.82, 2.24) is 4.98 Å². The second-order valence-corrected chi connectivity index (χ2v) is 5.77. The van der Waals surface area contributed by atoms with Gasteiger partial charge in [-0.05, 0) is 42.8 Å². The van der Waals surface area contributed by atoms with E-state index in [-0.39, 0.29) is 5.69 Å². The molecule has 0 spiro atoms. The third-order valence-corrected chi connectivity index (χ3v) is 3.75. The molecule has 0 saturated heterocycles. The number of hydrogen-bond donors (Lipinski definition) is 0. The summed E-state index contributed by atoms with van der Waals surface area (Å²) in [4.78, 5) is 16.1. The number of aryl methyl sites for hydroxylation is 1. The van der Waals surface area contributed by atoms with Gasteiger partial charge in [0.05, 0.1) is 17.3 Å². The van der Waals surface area contributed by atoms with E-state index in [1.807, 2.05) is 6.07 Å². The van der Waals surface area contributed by atoms with Crippen molar-refractivity contribution in [3.8, 4) is 6.07 Å². The minimum absolute atomic E-state index is 0.00665. The number of carbonyl (C=O) groups is 1. The maximum Gasteiger partial charge on any atom is 0.417 e. The number of rotatable bonds is 3. The van der Waals surface area contributed by atoms with Crippen molar-refractivity contribution < 1.29 is 18.0 Å². The summed E-state index contributed by atoms with van der Waals surface area (Å²) in [7, 11) is 0. The van der Waals surface area contributed by atoms with E-state index in [4.69, 9.17) is 0 Å². The minimum atomic E-state index is -4.51. The molecule has 0 aliphatic rings. The SMILES string of the molecule is Cc1cc(Br)ccc1C(=O)C(C#N)c1ccc(C(F)(F)F)cn1. The zero-order valence-corrected chi connectivity index (χ0v) is 13.4. The Morgan fingerprint density at radius 1 is 1.30 bits per heavy atom. The Bertz CT molecular complexity index is 779. The fourth-order valence-electron chi connectivity index (χ4n) is 2.06. The molecule has 1 atom stereocenters. The summed E-state index contributed by atoms with van der Waals surface area (Å²) in [5.74, 6) is -1.75. The van der Waals surface area contributed by atoms with Gasteiger partial charge < -0.3 is 0 Å². The summed E-state index contributed by atoms with van der Waals surface area (Å²) in [5.41, 5.74) is 0.0658. The van der Waals surface area contributed by atoms with Gasteiger partial charge in [-0.25, -0.2) is 0 Å². The number of nitriles is 1. The van der Waals surface area contributed by atoms with Crippen molar-refractivity contribution in [2.24, 2.45) is 0 Å². The second kappa shape index (κ2) is 6.50. The van der Waals surface area contributed by atoms with Gasteiger partial charge in [0, 0.05) is 16.2 Å². The number of alkyl halides is 3. The molecule has 3 nitrogen and oxygen atoms in total. The third-order valence-electron chi connectivity index (χ3n) is 3.25. The molecule has 0 radical (unpaired) electrons.